The standard InChI is InChI=1S/C18H24N4O2/c1-21(2)9-10-22(14-7-11-24-12-8-14)18(23)17-13-19-15-5-3-4-6-16(15)20-17/h3-6,13-14H,7-12H2,1-2H3. The van der Waals surface area contributed by atoms with Crippen LogP contribution in [0.2, 0.25) is 0 Å². The number of benzene rings is 1. The van der Waals surface area contributed by atoms with E-state index >= 15 is 0 Å². The molecule has 0 N–H and O–H groups in total. The minimum atomic E-state index is -0.0398. The molecule has 1 aromatic heterocycles. The summed E-state index contributed by atoms with van der Waals surface area (Å²) in [6.45, 7) is 2.93. The van der Waals surface area contributed by atoms with Gasteiger partial charge in [0, 0.05) is 32.3 Å². The summed E-state index contributed by atoms with van der Waals surface area (Å²) in [5.41, 5.74) is 1.97. The molecular formula is C18H24N4O2. The second-order valence-corrected chi connectivity index (χ2v) is 6.39. The van der Waals surface area contributed by atoms with Crippen LogP contribution in [-0.2, 0) is 4.74 Å². The molecule has 0 atom stereocenters. The third kappa shape index (κ3) is 3.88. The van der Waals surface area contributed by atoms with E-state index in [0.717, 1.165) is 30.4 Å². The van der Waals surface area contributed by atoms with Gasteiger partial charge in [-0.15, -0.1) is 0 Å². The number of carbonyl (C=O) groups is 1. The molecule has 2 aromatic rings. The van der Waals surface area contributed by atoms with Crippen LogP contribution < -0.4 is 0 Å². The molecule has 0 bridgehead atoms. The van der Waals surface area contributed by atoms with Crippen molar-refractivity contribution >= 4 is 16.9 Å². The van der Waals surface area contributed by atoms with Crippen molar-refractivity contribution < 1.29 is 9.53 Å². The Labute approximate surface area is 142 Å². The van der Waals surface area contributed by atoms with Gasteiger partial charge in [0.25, 0.3) is 5.91 Å². The van der Waals surface area contributed by atoms with Crippen molar-refractivity contribution in [2.75, 3.05) is 40.4 Å². The Hall–Kier alpha value is -2.05. The quantitative estimate of drug-likeness (QED) is 0.838. The smallest absolute Gasteiger partial charge is 0.274 e. The number of para-hydroxylation sites is 2. The van der Waals surface area contributed by atoms with Crippen LogP contribution in [0.5, 0.6) is 0 Å². The van der Waals surface area contributed by atoms with Gasteiger partial charge in [-0.3, -0.25) is 9.78 Å². The average molecular weight is 328 g/mol. The molecule has 2 heterocycles. The summed E-state index contributed by atoms with van der Waals surface area (Å²) in [5.74, 6) is -0.0398. The zero-order valence-electron chi connectivity index (χ0n) is 14.3. The minimum absolute atomic E-state index is 0.0398. The third-order valence-electron chi connectivity index (χ3n) is 4.35. The van der Waals surface area contributed by atoms with Crippen molar-refractivity contribution in [2.24, 2.45) is 0 Å². The molecule has 0 spiro atoms. The van der Waals surface area contributed by atoms with E-state index < -0.39 is 0 Å². The van der Waals surface area contributed by atoms with Crippen LogP contribution >= 0.6 is 0 Å². The fraction of sp³-hybridized carbons (Fsp3) is 0.500. The third-order valence-corrected chi connectivity index (χ3v) is 4.35. The van der Waals surface area contributed by atoms with Crippen LogP contribution in [0, 0.1) is 0 Å². The maximum Gasteiger partial charge on any atom is 0.274 e. The molecule has 1 aromatic carbocycles. The summed E-state index contributed by atoms with van der Waals surface area (Å²) in [6, 6.07) is 7.83. The summed E-state index contributed by atoms with van der Waals surface area (Å²) in [7, 11) is 4.03. The number of nitrogens with zero attached hydrogens (tertiary/aromatic N) is 4. The Bertz CT molecular complexity index is 698. The summed E-state index contributed by atoms with van der Waals surface area (Å²) in [6.07, 6.45) is 3.34. The van der Waals surface area contributed by atoms with Gasteiger partial charge in [-0.2, -0.15) is 0 Å². The number of likely N-dealkylation sites (N-methyl/N-ethyl adjacent to an activating group) is 1. The molecule has 0 unspecified atom stereocenters. The van der Waals surface area contributed by atoms with Crippen molar-refractivity contribution in [3.8, 4) is 0 Å². The van der Waals surface area contributed by atoms with Gasteiger partial charge in [0.1, 0.15) is 5.69 Å². The lowest BCUT2D eigenvalue weighted by Gasteiger charge is -2.34. The van der Waals surface area contributed by atoms with Gasteiger partial charge in [-0.05, 0) is 39.1 Å². The maximum atomic E-state index is 13.1. The summed E-state index contributed by atoms with van der Waals surface area (Å²) in [4.78, 5) is 26.0. The normalized spacial score (nSPS) is 15.8. The number of rotatable bonds is 5. The SMILES string of the molecule is CN(C)CCN(C(=O)c1cnc2ccccc2n1)C1CCOCC1. The molecule has 1 fully saturated rings. The number of aromatic nitrogens is 2. The zero-order chi connectivity index (χ0) is 16.9. The molecule has 128 valence electrons. The van der Waals surface area contributed by atoms with Gasteiger partial charge in [0.05, 0.1) is 17.2 Å². The first-order valence-corrected chi connectivity index (χ1v) is 8.40. The lowest BCUT2D eigenvalue weighted by molar-refractivity contribution is 0.0272. The Morgan fingerprint density at radius 1 is 1.17 bits per heavy atom. The lowest BCUT2D eigenvalue weighted by Crippen LogP contribution is -2.46. The van der Waals surface area contributed by atoms with Gasteiger partial charge < -0.3 is 14.5 Å². The number of ether oxygens (including phenoxy) is 1. The summed E-state index contributed by atoms with van der Waals surface area (Å²) < 4.78 is 5.44. The lowest BCUT2D eigenvalue weighted by atomic mass is 10.1. The predicted molar refractivity (Wildman–Crippen MR) is 93.0 cm³/mol. The highest BCUT2D eigenvalue weighted by atomic mass is 16.5. The van der Waals surface area contributed by atoms with Gasteiger partial charge in [0.2, 0.25) is 0 Å². The first-order valence-electron chi connectivity index (χ1n) is 8.40. The van der Waals surface area contributed by atoms with E-state index in [0.29, 0.717) is 25.5 Å². The summed E-state index contributed by atoms with van der Waals surface area (Å²) in [5, 5.41) is 0. The minimum Gasteiger partial charge on any atom is -0.381 e. The van der Waals surface area contributed by atoms with Crippen LogP contribution in [0.25, 0.3) is 11.0 Å². The Morgan fingerprint density at radius 2 is 1.88 bits per heavy atom. The van der Waals surface area contributed by atoms with Crippen molar-refractivity contribution in [3.63, 3.8) is 0 Å². The van der Waals surface area contributed by atoms with E-state index in [1.807, 2.05) is 43.3 Å². The Kier molecular flexibility index (Phi) is 5.37. The molecule has 24 heavy (non-hydrogen) atoms. The van der Waals surface area contributed by atoms with Crippen molar-refractivity contribution in [1.29, 1.82) is 0 Å². The molecule has 0 radical (unpaired) electrons. The molecule has 1 saturated heterocycles. The number of hydrogen-bond donors (Lipinski definition) is 0. The van der Waals surface area contributed by atoms with E-state index in [1.165, 1.54) is 0 Å². The fourth-order valence-corrected chi connectivity index (χ4v) is 2.96. The fourth-order valence-electron chi connectivity index (χ4n) is 2.96. The summed E-state index contributed by atoms with van der Waals surface area (Å²) >= 11 is 0. The second-order valence-electron chi connectivity index (χ2n) is 6.39. The Balaban J connectivity index is 1.84. The van der Waals surface area contributed by atoms with Crippen LogP contribution in [0.1, 0.15) is 23.3 Å². The van der Waals surface area contributed by atoms with Crippen LogP contribution in [0.3, 0.4) is 0 Å². The molecule has 1 aliphatic heterocycles. The second kappa shape index (κ2) is 7.68. The molecule has 6 heteroatoms. The average Bonchev–Trinajstić information content (AvgIpc) is 2.62. The number of fused-ring (bicyclic) bond motifs is 1. The van der Waals surface area contributed by atoms with E-state index in [1.54, 1.807) is 6.20 Å². The van der Waals surface area contributed by atoms with E-state index in [4.69, 9.17) is 4.74 Å². The number of carbonyl (C=O) groups excluding carboxylic acids is 1. The molecule has 1 amide bonds. The zero-order valence-corrected chi connectivity index (χ0v) is 14.3. The predicted octanol–water partition coefficient (Wildman–Crippen LogP) is 1.81. The van der Waals surface area contributed by atoms with Gasteiger partial charge in [-0.25, -0.2) is 4.98 Å². The first-order chi connectivity index (χ1) is 11.6. The highest BCUT2D eigenvalue weighted by Crippen LogP contribution is 2.18. The van der Waals surface area contributed by atoms with E-state index in [9.17, 15) is 4.79 Å². The maximum absolute atomic E-state index is 13.1. The van der Waals surface area contributed by atoms with Crippen LogP contribution in [-0.4, -0.2) is 72.1 Å². The first kappa shape index (κ1) is 16.8. The molecule has 1 aliphatic rings. The number of amides is 1. The highest BCUT2D eigenvalue weighted by molar-refractivity contribution is 5.94. The van der Waals surface area contributed by atoms with Crippen molar-refractivity contribution in [2.45, 2.75) is 18.9 Å². The largest absolute Gasteiger partial charge is 0.381 e. The van der Waals surface area contributed by atoms with E-state index in [2.05, 4.69) is 14.9 Å². The topological polar surface area (TPSA) is 58.6 Å². The van der Waals surface area contributed by atoms with Crippen molar-refractivity contribution in [3.05, 3.63) is 36.2 Å². The van der Waals surface area contributed by atoms with Crippen LogP contribution in [0.4, 0.5) is 0 Å². The van der Waals surface area contributed by atoms with Gasteiger partial charge in [-0.1, -0.05) is 12.1 Å². The molecule has 0 saturated carbocycles. The van der Waals surface area contributed by atoms with Crippen LogP contribution in [0.15, 0.2) is 30.5 Å². The number of hydrogen-bond acceptors (Lipinski definition) is 5. The van der Waals surface area contributed by atoms with E-state index in [-0.39, 0.29) is 11.9 Å². The monoisotopic (exact) mass is 328 g/mol. The highest BCUT2D eigenvalue weighted by Gasteiger charge is 2.27. The molecule has 3 rings (SSSR count). The Morgan fingerprint density at radius 3 is 2.58 bits per heavy atom. The molecular weight excluding hydrogens is 304 g/mol. The van der Waals surface area contributed by atoms with Crippen molar-refractivity contribution in [1.82, 2.24) is 19.8 Å². The van der Waals surface area contributed by atoms with Gasteiger partial charge in [0.15, 0.2) is 0 Å². The molecule has 0 aliphatic carbocycles. The molecule has 6 nitrogen and oxygen atoms in total. The van der Waals surface area contributed by atoms with Gasteiger partial charge >= 0.3 is 0 Å².